The highest BCUT2D eigenvalue weighted by Crippen LogP contribution is 2.45. The van der Waals surface area contributed by atoms with E-state index in [1.54, 1.807) is 5.94 Å². The minimum absolute atomic E-state index is 0.140. The molecule has 0 fully saturated rings. The van der Waals surface area contributed by atoms with Crippen LogP contribution in [-0.2, 0) is 14.6 Å². The van der Waals surface area contributed by atoms with Gasteiger partial charge in [0.1, 0.15) is 5.73 Å². The summed E-state index contributed by atoms with van der Waals surface area (Å²) < 4.78 is 0. The van der Waals surface area contributed by atoms with Crippen LogP contribution in [0.3, 0.4) is 0 Å². The van der Waals surface area contributed by atoms with Crippen LogP contribution in [0.15, 0.2) is 36.6 Å². The fraction of sp³-hybridized carbons (Fsp3) is 0.467. The molecule has 0 aliphatic rings. The Hall–Kier alpha value is -1.35. The lowest BCUT2D eigenvalue weighted by molar-refractivity contribution is -0.267. The van der Waals surface area contributed by atoms with Gasteiger partial charge in [0, 0.05) is 0 Å². The third-order valence-electron chi connectivity index (χ3n) is 3.94. The molecular weight excluding hydrogens is 256 g/mol. The third kappa shape index (κ3) is 3.80. The van der Waals surface area contributed by atoms with Crippen LogP contribution in [-0.4, -0.2) is 14.0 Å². The van der Waals surface area contributed by atoms with Crippen LogP contribution in [0.1, 0.15) is 32.1 Å². The van der Waals surface area contributed by atoms with Crippen molar-refractivity contribution in [3.05, 3.63) is 42.2 Å². The molecule has 0 bridgehead atoms. The average molecular weight is 278 g/mol. The maximum absolute atomic E-state index is 10.2. The molecule has 0 heterocycles. The van der Waals surface area contributed by atoms with Crippen LogP contribution < -0.4 is 0 Å². The van der Waals surface area contributed by atoms with Crippen molar-refractivity contribution in [1.82, 2.24) is 0 Å². The van der Waals surface area contributed by atoms with Gasteiger partial charge in [0.15, 0.2) is 5.94 Å². The summed E-state index contributed by atoms with van der Waals surface area (Å²) in [6.07, 6.45) is 0.906. The van der Waals surface area contributed by atoms with Crippen molar-refractivity contribution >= 4 is 14.0 Å². The minimum Gasteiger partial charge on any atom is -0.333 e. The molecule has 1 unspecified atom stereocenters. The molecule has 0 N–H and O–H groups in total. The van der Waals surface area contributed by atoms with E-state index < -0.39 is 8.07 Å². The van der Waals surface area contributed by atoms with Gasteiger partial charge in [-0.05, 0) is 10.6 Å². The summed E-state index contributed by atoms with van der Waals surface area (Å²) >= 11 is 0. The Morgan fingerprint density at radius 2 is 1.79 bits per heavy atom. The average Bonchev–Trinajstić information content (AvgIpc) is 2.34. The van der Waals surface area contributed by atoms with E-state index in [4.69, 9.17) is 9.78 Å². The molecule has 1 rings (SSSR count). The van der Waals surface area contributed by atoms with E-state index in [1.807, 2.05) is 30.3 Å². The molecule has 0 saturated heterocycles. The maximum Gasteiger partial charge on any atom is 0.212 e. The SMILES string of the molecule is CC(C)(C)[Si](C)(C)C(OOC=C=O)c1ccccc1. The van der Waals surface area contributed by atoms with E-state index in [1.165, 1.54) is 0 Å². The second kappa shape index (κ2) is 6.20. The highest BCUT2D eigenvalue weighted by Gasteiger charge is 2.45. The highest BCUT2D eigenvalue weighted by molar-refractivity contribution is 6.81. The first-order valence-electron chi connectivity index (χ1n) is 6.37. The van der Waals surface area contributed by atoms with Crippen molar-refractivity contribution in [2.24, 2.45) is 0 Å². The van der Waals surface area contributed by atoms with Crippen molar-refractivity contribution in [3.63, 3.8) is 0 Å². The molecule has 0 amide bonds. The van der Waals surface area contributed by atoms with Gasteiger partial charge in [-0.2, -0.15) is 4.89 Å². The maximum atomic E-state index is 10.2. The Morgan fingerprint density at radius 3 is 2.26 bits per heavy atom. The van der Waals surface area contributed by atoms with Gasteiger partial charge in [-0.25, -0.2) is 4.79 Å². The van der Waals surface area contributed by atoms with Gasteiger partial charge < -0.3 is 4.89 Å². The molecule has 1 aromatic rings. The van der Waals surface area contributed by atoms with Crippen LogP contribution >= 0.6 is 0 Å². The number of rotatable bonds is 5. The second-order valence-corrected chi connectivity index (χ2v) is 11.7. The van der Waals surface area contributed by atoms with Crippen LogP contribution in [0.4, 0.5) is 0 Å². The molecule has 0 spiro atoms. The first-order chi connectivity index (χ1) is 8.80. The molecule has 1 atom stereocenters. The van der Waals surface area contributed by atoms with Crippen LogP contribution in [0.5, 0.6) is 0 Å². The van der Waals surface area contributed by atoms with Crippen molar-refractivity contribution in [2.45, 2.75) is 44.6 Å². The van der Waals surface area contributed by atoms with Crippen LogP contribution in [0, 0.1) is 0 Å². The minimum atomic E-state index is -1.82. The monoisotopic (exact) mass is 278 g/mol. The van der Waals surface area contributed by atoms with Gasteiger partial charge in [0.05, 0.1) is 8.07 Å². The normalized spacial score (nSPS) is 13.5. The third-order valence-corrected chi connectivity index (χ3v) is 9.55. The molecule has 19 heavy (non-hydrogen) atoms. The van der Waals surface area contributed by atoms with Crippen molar-refractivity contribution in [1.29, 1.82) is 0 Å². The van der Waals surface area contributed by atoms with E-state index in [9.17, 15) is 4.79 Å². The van der Waals surface area contributed by atoms with Crippen molar-refractivity contribution < 1.29 is 14.6 Å². The second-order valence-electron chi connectivity index (χ2n) is 6.19. The quantitative estimate of drug-likeness (QED) is 0.268. The summed E-state index contributed by atoms with van der Waals surface area (Å²) in [5.74, 6) is 1.56. The number of benzene rings is 1. The van der Waals surface area contributed by atoms with Gasteiger partial charge in [-0.15, -0.1) is 0 Å². The first kappa shape index (κ1) is 15.7. The molecule has 0 saturated carbocycles. The summed E-state index contributed by atoms with van der Waals surface area (Å²) in [6.45, 7) is 11.2. The summed E-state index contributed by atoms with van der Waals surface area (Å²) in [7, 11) is -1.82. The fourth-order valence-corrected chi connectivity index (χ4v) is 3.83. The van der Waals surface area contributed by atoms with E-state index in [0.29, 0.717) is 0 Å². The summed E-state index contributed by atoms with van der Waals surface area (Å²) in [5.41, 5.74) is 0.937. The van der Waals surface area contributed by atoms with Crippen LogP contribution in [0.2, 0.25) is 18.1 Å². The van der Waals surface area contributed by atoms with Gasteiger partial charge in [-0.3, -0.25) is 0 Å². The Morgan fingerprint density at radius 1 is 1.21 bits per heavy atom. The lowest BCUT2D eigenvalue weighted by Crippen LogP contribution is -2.45. The van der Waals surface area contributed by atoms with Crippen LogP contribution in [0.25, 0.3) is 0 Å². The number of hydrogen-bond donors (Lipinski definition) is 0. The Bertz CT molecular complexity index is 442. The lowest BCUT2D eigenvalue weighted by Gasteiger charge is -2.41. The highest BCUT2D eigenvalue weighted by atomic mass is 28.3. The molecule has 4 heteroatoms. The molecule has 1 aromatic carbocycles. The van der Waals surface area contributed by atoms with E-state index in [-0.39, 0.29) is 10.8 Å². The molecule has 0 aliphatic heterocycles. The molecule has 0 radical (unpaired) electrons. The zero-order valence-corrected chi connectivity index (χ0v) is 13.3. The van der Waals surface area contributed by atoms with Crippen molar-refractivity contribution in [2.75, 3.05) is 0 Å². The predicted octanol–water partition coefficient (Wildman–Crippen LogP) is 4.07. The van der Waals surface area contributed by atoms with Crippen molar-refractivity contribution in [3.8, 4) is 0 Å². The topological polar surface area (TPSA) is 35.5 Å². The summed E-state index contributed by atoms with van der Waals surface area (Å²) in [4.78, 5) is 20.6. The smallest absolute Gasteiger partial charge is 0.212 e. The standard InChI is InChI=1S/C15H22O3Si/c1-15(2,3)19(4,5)14(18-17-12-11-16)13-9-7-6-8-10-13/h6-10,12,14H,1-5H3. The number of hydrogen-bond acceptors (Lipinski definition) is 3. The molecule has 3 nitrogen and oxygen atoms in total. The summed E-state index contributed by atoms with van der Waals surface area (Å²) in [6, 6.07) is 9.99. The van der Waals surface area contributed by atoms with Gasteiger partial charge in [0.25, 0.3) is 0 Å². The molecule has 0 aromatic heterocycles. The lowest BCUT2D eigenvalue weighted by atomic mass is 10.2. The Labute approximate surface area is 116 Å². The van der Waals surface area contributed by atoms with E-state index in [2.05, 4.69) is 33.9 Å². The number of carbonyl (C=O) groups excluding carboxylic acids is 1. The molecular formula is C15H22O3Si. The Balaban J connectivity index is 3.09. The van der Waals surface area contributed by atoms with Gasteiger partial charge in [-0.1, -0.05) is 64.2 Å². The van der Waals surface area contributed by atoms with Gasteiger partial charge >= 0.3 is 0 Å². The van der Waals surface area contributed by atoms with E-state index >= 15 is 0 Å². The first-order valence-corrected chi connectivity index (χ1v) is 9.45. The largest absolute Gasteiger partial charge is 0.333 e. The Kier molecular flexibility index (Phi) is 5.12. The predicted molar refractivity (Wildman–Crippen MR) is 78.8 cm³/mol. The summed E-state index contributed by atoms with van der Waals surface area (Å²) in [5, 5.41) is 0.141. The zero-order valence-electron chi connectivity index (χ0n) is 12.3. The molecule has 0 aliphatic carbocycles. The fourth-order valence-electron chi connectivity index (χ4n) is 1.72. The zero-order chi connectivity index (χ0) is 14.5. The van der Waals surface area contributed by atoms with Gasteiger partial charge in [0.2, 0.25) is 6.26 Å². The molecule has 104 valence electrons. The van der Waals surface area contributed by atoms with E-state index in [0.717, 1.165) is 11.8 Å².